The van der Waals surface area contributed by atoms with Gasteiger partial charge in [-0.2, -0.15) is 0 Å². The van der Waals surface area contributed by atoms with Crippen LogP contribution in [0.2, 0.25) is 0 Å². The van der Waals surface area contributed by atoms with Gasteiger partial charge in [0.25, 0.3) is 0 Å². The molecular formula is C51H69N13O11S2. The topological polar surface area (TPSA) is 414 Å². The Balaban J connectivity index is 1.64. The molecule has 0 spiro atoms. The number of hydrogen-bond acceptors (Lipinski definition) is 15. The molecule has 0 aliphatic carbocycles. The fourth-order valence-corrected chi connectivity index (χ4v) is 11.0. The highest BCUT2D eigenvalue weighted by Crippen LogP contribution is 2.39. The van der Waals surface area contributed by atoms with E-state index in [0.717, 1.165) is 27.2 Å². The SMILES string of the molecule is C[C@@H](O)[C@H](NC(=O)C1NC(=O)[C@H]([C@@H](C)O)NC(=O)[C@H](CCCN=C(N)N)NC(=O)[C@@H](Cc2c[nH]c3ccccc23)NC(=O)[C@H](Cc2ccc(O)cc2)NC(=O)C(NC(=O)[C@H](N)Cc2ccccc2)CSSC1(C)C)C(N)=O. The number of aliphatic hydroxyl groups excluding tert-OH is 2. The number of nitrogens with zero attached hydrogens (tertiary/aromatic N) is 1. The van der Waals surface area contributed by atoms with Crippen molar-refractivity contribution in [3.63, 3.8) is 0 Å². The molecule has 0 saturated carbocycles. The summed E-state index contributed by atoms with van der Waals surface area (Å²) in [5.74, 6) is -8.15. The van der Waals surface area contributed by atoms with Crippen molar-refractivity contribution in [3.8, 4) is 5.75 Å². The summed E-state index contributed by atoms with van der Waals surface area (Å²) in [5, 5.41) is 50.6. The number of aromatic hydroxyl groups is 1. The lowest BCUT2D eigenvalue weighted by molar-refractivity contribution is -0.137. The molecule has 10 atom stereocenters. The van der Waals surface area contributed by atoms with E-state index in [0.29, 0.717) is 22.0 Å². The number of carbonyl (C=O) groups is 8. The number of guanidine groups is 1. The van der Waals surface area contributed by atoms with Crippen LogP contribution < -0.4 is 60.2 Å². The number of phenolic OH excluding ortho intramolecular Hbond substituents is 1. The predicted octanol–water partition coefficient (Wildman–Crippen LogP) is -1.90. The van der Waals surface area contributed by atoms with Crippen LogP contribution in [0.5, 0.6) is 5.75 Å². The number of nitrogens with one attached hydrogen (secondary N) is 8. The molecule has 4 aromatic rings. The Morgan fingerprint density at radius 1 is 0.766 bits per heavy atom. The van der Waals surface area contributed by atoms with Gasteiger partial charge in [0.15, 0.2) is 5.96 Å². The molecule has 0 radical (unpaired) electrons. The molecule has 19 N–H and O–H groups in total. The number of aliphatic hydroxyl groups is 2. The molecular weight excluding hydrogens is 1030 g/mol. The number of benzene rings is 3. The van der Waals surface area contributed by atoms with Gasteiger partial charge in [0.05, 0.1) is 18.2 Å². The van der Waals surface area contributed by atoms with Gasteiger partial charge in [-0.3, -0.25) is 43.3 Å². The molecule has 1 fully saturated rings. The van der Waals surface area contributed by atoms with Crippen molar-refractivity contribution in [2.24, 2.45) is 27.9 Å². The minimum atomic E-state index is -1.80. The second-order valence-electron chi connectivity index (χ2n) is 19.2. The van der Waals surface area contributed by atoms with E-state index in [1.807, 2.05) is 6.07 Å². The molecule has 24 nitrogen and oxygen atoms in total. The third kappa shape index (κ3) is 17.8. The van der Waals surface area contributed by atoms with E-state index in [2.05, 4.69) is 47.2 Å². The van der Waals surface area contributed by atoms with Gasteiger partial charge in [-0.15, -0.1) is 0 Å². The number of hydrogen-bond donors (Lipinski definition) is 15. The highest BCUT2D eigenvalue weighted by atomic mass is 33.1. The van der Waals surface area contributed by atoms with E-state index >= 15 is 0 Å². The van der Waals surface area contributed by atoms with E-state index in [9.17, 15) is 53.7 Å². The quantitative estimate of drug-likeness (QED) is 0.0238. The van der Waals surface area contributed by atoms with Gasteiger partial charge >= 0.3 is 0 Å². The zero-order valence-corrected chi connectivity index (χ0v) is 44.6. The van der Waals surface area contributed by atoms with Crippen LogP contribution in [0.15, 0.2) is 90.1 Å². The van der Waals surface area contributed by atoms with Gasteiger partial charge in [-0.25, -0.2) is 0 Å². The van der Waals surface area contributed by atoms with Crippen LogP contribution in [-0.4, -0.2) is 151 Å². The van der Waals surface area contributed by atoms with Gasteiger partial charge in [-0.1, -0.05) is 82.3 Å². The molecule has 2 unspecified atom stereocenters. The molecule has 8 amide bonds. The first-order valence-corrected chi connectivity index (χ1v) is 27.0. The summed E-state index contributed by atoms with van der Waals surface area (Å²) in [4.78, 5) is 121. The van der Waals surface area contributed by atoms with Crippen LogP contribution in [0.3, 0.4) is 0 Å². The largest absolute Gasteiger partial charge is 0.508 e. The Morgan fingerprint density at radius 3 is 2.01 bits per heavy atom. The van der Waals surface area contributed by atoms with E-state index in [4.69, 9.17) is 22.9 Å². The number of aromatic amines is 1. The Morgan fingerprint density at radius 2 is 1.38 bits per heavy atom. The van der Waals surface area contributed by atoms with Crippen LogP contribution in [-0.2, 0) is 57.6 Å². The lowest BCUT2D eigenvalue weighted by Gasteiger charge is -2.36. The fraction of sp³-hybridized carbons (Fsp3) is 0.431. The summed E-state index contributed by atoms with van der Waals surface area (Å²) in [7, 11) is 1.92. The summed E-state index contributed by atoms with van der Waals surface area (Å²) in [6.45, 7) is 5.45. The molecule has 26 heteroatoms. The van der Waals surface area contributed by atoms with Crippen LogP contribution in [0.25, 0.3) is 10.9 Å². The Kier molecular flexibility index (Phi) is 22.1. The Hall–Kier alpha value is -7.39. The summed E-state index contributed by atoms with van der Waals surface area (Å²) >= 11 is 0. The number of primary amides is 1. The molecule has 2 heterocycles. The molecule has 1 aliphatic heterocycles. The minimum Gasteiger partial charge on any atom is -0.508 e. The van der Waals surface area contributed by atoms with Gasteiger partial charge in [0.2, 0.25) is 47.3 Å². The Labute approximate surface area is 452 Å². The lowest BCUT2D eigenvalue weighted by Crippen LogP contribution is -2.65. The van der Waals surface area contributed by atoms with Gasteiger partial charge < -0.3 is 80.5 Å². The summed E-state index contributed by atoms with van der Waals surface area (Å²) in [6.07, 6.45) is -1.83. The summed E-state index contributed by atoms with van der Waals surface area (Å²) in [6, 6.07) is 9.79. The van der Waals surface area contributed by atoms with Gasteiger partial charge in [-0.05, 0) is 81.8 Å². The van der Waals surface area contributed by atoms with Crippen molar-refractivity contribution >= 4 is 85.7 Å². The normalized spacial score (nSPS) is 22.5. The average molecular weight is 1100 g/mol. The predicted molar refractivity (Wildman–Crippen MR) is 292 cm³/mol. The van der Waals surface area contributed by atoms with Crippen LogP contribution in [0.4, 0.5) is 0 Å². The zero-order chi connectivity index (χ0) is 56.6. The number of aliphatic imine (C=N–C) groups is 1. The second kappa shape index (κ2) is 28.1. The molecule has 3 aromatic carbocycles. The minimum absolute atomic E-state index is 0.00282. The summed E-state index contributed by atoms with van der Waals surface area (Å²) < 4.78 is -1.45. The fourth-order valence-electron chi connectivity index (χ4n) is 8.23. The molecule has 77 heavy (non-hydrogen) atoms. The number of carbonyl (C=O) groups excluding carboxylic acids is 8. The monoisotopic (exact) mass is 1100 g/mol. The van der Waals surface area contributed by atoms with Crippen molar-refractivity contribution < 1.29 is 53.7 Å². The number of phenols is 1. The van der Waals surface area contributed by atoms with E-state index in [1.54, 1.807) is 54.7 Å². The number of nitrogens with two attached hydrogens (primary N) is 4. The zero-order valence-electron chi connectivity index (χ0n) is 43.0. The van der Waals surface area contributed by atoms with Gasteiger partial charge in [0.1, 0.15) is 48.0 Å². The second-order valence-corrected chi connectivity index (χ2v) is 22.2. The van der Waals surface area contributed by atoms with Crippen molar-refractivity contribution in [1.82, 2.24) is 42.2 Å². The third-order valence-electron chi connectivity index (χ3n) is 12.5. The number of amides is 8. The first-order valence-electron chi connectivity index (χ1n) is 24.7. The van der Waals surface area contributed by atoms with E-state index < -0.39 is 113 Å². The molecule has 1 saturated heterocycles. The first-order chi connectivity index (χ1) is 36.4. The molecule has 1 aliphatic rings. The number of aromatic nitrogens is 1. The maximum absolute atomic E-state index is 14.9. The van der Waals surface area contributed by atoms with Crippen molar-refractivity contribution in [1.29, 1.82) is 0 Å². The maximum atomic E-state index is 14.9. The first kappa shape index (κ1) is 60.5. The third-order valence-corrected chi connectivity index (χ3v) is 15.8. The molecule has 416 valence electrons. The molecule has 1 aromatic heterocycles. The van der Waals surface area contributed by atoms with Gasteiger partial charge in [0, 0.05) is 47.0 Å². The number of rotatable bonds is 17. The van der Waals surface area contributed by atoms with Crippen LogP contribution >= 0.6 is 21.6 Å². The average Bonchev–Trinajstić information content (AvgIpc) is 3.79. The maximum Gasteiger partial charge on any atom is 0.245 e. The smallest absolute Gasteiger partial charge is 0.245 e. The number of fused-ring (bicyclic) bond motifs is 1. The standard InChI is InChI=1S/C51H69N13O11S2/c1-26(65)39(42(53)68)62-49(75)41-51(3,4)77-76-25-38(61-43(69)33(52)21-28-11-6-5-7-12-28)47(73)59-36(22-29-16-18-31(67)19-17-29)45(71)60-37(23-30-24-57-34-14-9-8-13-32(30)34)46(72)58-35(15-10-20-56-50(54)55)44(70)63-40(27(2)66)48(74)64-41/h5-9,11-14,16-19,24,26-27,33,35-41,57,65-67H,10,15,20-23,25,52H2,1-4H3,(H2,53,68)(H,58,72)(H,59,73)(H,60,71)(H,61,69)(H,62,75)(H,63,70)(H,64,74)(H4,54,55,56)/t26-,27-,33-,35+,36+,37-,38?,39+,40+,41?/m1/s1. The number of para-hydroxylation sites is 1. The molecule has 0 bridgehead atoms. The van der Waals surface area contributed by atoms with Crippen molar-refractivity contribution in [2.75, 3.05) is 12.3 Å². The Bertz CT molecular complexity index is 2740. The van der Waals surface area contributed by atoms with Crippen molar-refractivity contribution in [2.45, 2.75) is 125 Å². The lowest BCUT2D eigenvalue weighted by atomic mass is 9.99. The van der Waals surface area contributed by atoms with E-state index in [-0.39, 0.29) is 56.1 Å². The summed E-state index contributed by atoms with van der Waals surface area (Å²) in [5.41, 5.74) is 25.5. The van der Waals surface area contributed by atoms with Crippen molar-refractivity contribution in [3.05, 3.63) is 102 Å². The highest BCUT2D eigenvalue weighted by molar-refractivity contribution is 8.77. The molecule has 5 rings (SSSR count). The van der Waals surface area contributed by atoms with E-state index in [1.165, 1.54) is 52.0 Å². The number of H-pyrrole nitrogens is 1. The highest BCUT2D eigenvalue weighted by Gasteiger charge is 2.43. The van der Waals surface area contributed by atoms with Crippen LogP contribution in [0.1, 0.15) is 57.2 Å². The van der Waals surface area contributed by atoms with Crippen LogP contribution in [0, 0.1) is 0 Å².